The monoisotopic (exact) mass is 399 g/mol. The van der Waals surface area contributed by atoms with Gasteiger partial charge in [0.15, 0.2) is 3.95 Å². The summed E-state index contributed by atoms with van der Waals surface area (Å²) in [5.41, 5.74) is 0.630. The van der Waals surface area contributed by atoms with E-state index in [0.29, 0.717) is 15.6 Å². The van der Waals surface area contributed by atoms with Crippen LogP contribution in [0.25, 0.3) is 6.20 Å². The number of carbonyl (C=O) groups excluding carboxylic acids is 1. The molecule has 24 heavy (non-hydrogen) atoms. The van der Waals surface area contributed by atoms with E-state index in [1.165, 1.54) is 18.4 Å². The quantitative estimate of drug-likeness (QED) is 0.577. The van der Waals surface area contributed by atoms with Crippen LogP contribution in [0.5, 0.6) is 0 Å². The highest BCUT2D eigenvalue weighted by atomic mass is 35.5. The summed E-state index contributed by atoms with van der Waals surface area (Å²) in [5, 5.41) is 0.520. The highest BCUT2D eigenvalue weighted by Crippen LogP contribution is 2.29. The number of hydrogen-bond donors (Lipinski definition) is 0. The maximum absolute atomic E-state index is 11.6. The van der Waals surface area contributed by atoms with Crippen LogP contribution < -0.4 is 4.80 Å². The fraction of sp³-hybridized carbons (Fsp3) is 0.333. The molecule has 0 N–H and O–H groups in total. The summed E-state index contributed by atoms with van der Waals surface area (Å²) < 4.78 is 9.37. The summed E-state index contributed by atoms with van der Waals surface area (Å²) in [6.07, 6.45) is 8.57. The lowest BCUT2D eigenvalue weighted by molar-refractivity contribution is -0.140. The second-order valence-corrected chi connectivity index (χ2v) is 7.68. The van der Waals surface area contributed by atoms with Gasteiger partial charge in [-0.05, 0) is 30.8 Å². The highest BCUT2D eigenvalue weighted by molar-refractivity contribution is 7.81. The van der Waals surface area contributed by atoms with Crippen LogP contribution in [0.2, 0.25) is 0 Å². The van der Waals surface area contributed by atoms with Gasteiger partial charge in [-0.2, -0.15) is 0 Å². The molecule has 1 aliphatic carbocycles. The van der Waals surface area contributed by atoms with E-state index in [0.717, 1.165) is 21.7 Å². The number of fused-ring (bicyclic) bond motifs is 1. The minimum absolute atomic E-state index is 0.108. The van der Waals surface area contributed by atoms with Crippen LogP contribution in [0.1, 0.15) is 12.8 Å². The summed E-state index contributed by atoms with van der Waals surface area (Å²) in [4.78, 5) is 17.6. The van der Waals surface area contributed by atoms with E-state index in [4.69, 9.17) is 40.8 Å². The lowest BCUT2D eigenvalue weighted by Gasteiger charge is -2.20. The summed E-state index contributed by atoms with van der Waals surface area (Å²) in [6, 6.07) is 0. The van der Waals surface area contributed by atoms with E-state index in [-0.39, 0.29) is 18.3 Å². The Bertz CT molecular complexity index is 917. The Morgan fingerprint density at radius 1 is 1.50 bits per heavy atom. The first kappa shape index (κ1) is 17.5. The number of nitrogens with zero attached hydrogens (tertiary/aromatic N) is 3. The van der Waals surface area contributed by atoms with Crippen molar-refractivity contribution in [2.75, 3.05) is 7.11 Å². The molecule has 1 aromatic heterocycles. The molecule has 5 nitrogen and oxygen atoms in total. The predicted molar refractivity (Wildman–Crippen MR) is 101 cm³/mol. The summed E-state index contributed by atoms with van der Waals surface area (Å²) in [6.45, 7) is 0.810. The van der Waals surface area contributed by atoms with Gasteiger partial charge in [-0.3, -0.25) is 9.48 Å². The SMILES string of the molecule is COC(=O)CC1C(=S)C(N=c2sc(=S)n3n2CCC=C3)=CC=C1Cl. The van der Waals surface area contributed by atoms with Gasteiger partial charge in [0.25, 0.3) is 0 Å². The van der Waals surface area contributed by atoms with Gasteiger partial charge in [-0.15, -0.1) is 0 Å². The minimum atomic E-state index is -0.380. The molecule has 126 valence electrons. The van der Waals surface area contributed by atoms with Crippen molar-refractivity contribution in [2.24, 2.45) is 10.9 Å². The number of esters is 1. The number of carbonyl (C=O) groups is 1. The Morgan fingerprint density at radius 3 is 3.04 bits per heavy atom. The third kappa shape index (κ3) is 3.37. The molecule has 0 bridgehead atoms. The Hall–Kier alpha value is -1.35. The predicted octanol–water partition coefficient (Wildman–Crippen LogP) is 3.43. The molecule has 1 aliphatic heterocycles. The fourth-order valence-electron chi connectivity index (χ4n) is 2.46. The molecule has 1 unspecified atom stereocenters. The van der Waals surface area contributed by atoms with Crippen molar-refractivity contribution in [3.05, 3.63) is 37.7 Å². The van der Waals surface area contributed by atoms with E-state index in [9.17, 15) is 4.79 Å². The minimum Gasteiger partial charge on any atom is -0.469 e. The van der Waals surface area contributed by atoms with Crippen LogP contribution in [0, 0.1) is 9.87 Å². The second-order valence-electron chi connectivity index (χ2n) is 5.20. The van der Waals surface area contributed by atoms with Crippen molar-refractivity contribution in [3.8, 4) is 0 Å². The number of rotatable bonds is 3. The molecule has 0 fully saturated rings. The van der Waals surface area contributed by atoms with Crippen LogP contribution in [0.15, 0.2) is 33.9 Å². The molecule has 3 rings (SSSR count). The van der Waals surface area contributed by atoms with Crippen LogP contribution in [0.3, 0.4) is 0 Å². The molecule has 1 aromatic rings. The van der Waals surface area contributed by atoms with Gasteiger partial charge in [0.2, 0.25) is 4.80 Å². The number of methoxy groups -OCH3 is 1. The maximum Gasteiger partial charge on any atom is 0.306 e. The molecule has 1 atom stereocenters. The van der Waals surface area contributed by atoms with Gasteiger partial charge < -0.3 is 4.74 Å². The van der Waals surface area contributed by atoms with Crippen molar-refractivity contribution < 1.29 is 9.53 Å². The fourth-order valence-corrected chi connectivity index (χ4v) is 4.32. The normalized spacial score (nSPS) is 20.5. The molecule has 0 saturated heterocycles. The molecular formula is C15H14ClN3O2S3. The molecule has 0 spiro atoms. The molecule has 0 amide bonds. The molecule has 0 aromatic carbocycles. The molecular weight excluding hydrogens is 386 g/mol. The van der Waals surface area contributed by atoms with Gasteiger partial charge in [-0.1, -0.05) is 41.2 Å². The number of thiocarbonyl (C=S) groups is 1. The summed E-state index contributed by atoms with van der Waals surface area (Å²) in [7, 11) is 1.34. The molecule has 9 heteroatoms. The Kier molecular flexibility index (Phi) is 5.29. The molecule has 0 radical (unpaired) electrons. The third-order valence-corrected chi connectivity index (χ3v) is 5.88. The van der Waals surface area contributed by atoms with Crippen molar-refractivity contribution in [3.63, 3.8) is 0 Å². The first-order valence-electron chi connectivity index (χ1n) is 7.23. The zero-order valence-corrected chi connectivity index (χ0v) is 16.0. The van der Waals surface area contributed by atoms with E-state index in [1.54, 1.807) is 12.2 Å². The molecule has 2 aliphatic rings. The van der Waals surface area contributed by atoms with Gasteiger partial charge in [0.05, 0.1) is 19.2 Å². The molecule has 2 heterocycles. The zero-order chi connectivity index (χ0) is 17.3. The molecule has 0 saturated carbocycles. The third-order valence-electron chi connectivity index (χ3n) is 3.72. The number of ether oxygens (including phenoxy) is 1. The Balaban J connectivity index is 1.99. The smallest absolute Gasteiger partial charge is 0.306 e. The number of aromatic nitrogens is 2. The van der Waals surface area contributed by atoms with Crippen molar-refractivity contribution >= 4 is 64.4 Å². The summed E-state index contributed by atoms with van der Waals surface area (Å²) >= 11 is 18.5. The van der Waals surface area contributed by atoms with Crippen molar-refractivity contribution in [1.29, 1.82) is 0 Å². The lowest BCUT2D eigenvalue weighted by atomic mass is 9.94. The first-order chi connectivity index (χ1) is 11.5. The standard InChI is InChI=1S/C15H14ClN3O2S3/c1-21-12(20)8-9-10(16)4-5-11(13(9)22)17-14-18-6-2-3-7-19(18)15(23)24-14/h3-5,7,9H,2,6,8H2,1H3. The topological polar surface area (TPSA) is 48.5 Å². The van der Waals surface area contributed by atoms with Crippen LogP contribution in [-0.2, 0) is 16.1 Å². The highest BCUT2D eigenvalue weighted by Gasteiger charge is 2.27. The number of hydrogen-bond acceptors (Lipinski definition) is 6. The van der Waals surface area contributed by atoms with Gasteiger partial charge >= 0.3 is 5.97 Å². The number of halogens is 1. The van der Waals surface area contributed by atoms with Crippen molar-refractivity contribution in [1.82, 2.24) is 9.36 Å². The van der Waals surface area contributed by atoms with E-state index < -0.39 is 0 Å². The Labute approximate surface area is 158 Å². The van der Waals surface area contributed by atoms with Crippen LogP contribution >= 0.6 is 47.4 Å². The van der Waals surface area contributed by atoms with E-state index >= 15 is 0 Å². The van der Waals surface area contributed by atoms with Gasteiger partial charge in [-0.25, -0.2) is 9.67 Å². The lowest BCUT2D eigenvalue weighted by Crippen LogP contribution is -2.26. The van der Waals surface area contributed by atoms with Crippen molar-refractivity contribution in [2.45, 2.75) is 19.4 Å². The van der Waals surface area contributed by atoms with E-state index in [2.05, 4.69) is 11.1 Å². The second kappa shape index (κ2) is 7.26. The summed E-state index contributed by atoms with van der Waals surface area (Å²) in [5.74, 6) is -0.735. The Morgan fingerprint density at radius 2 is 2.29 bits per heavy atom. The number of allylic oxidation sites excluding steroid dienone is 5. The maximum atomic E-state index is 11.6. The van der Waals surface area contributed by atoms with Crippen LogP contribution in [0.4, 0.5) is 0 Å². The average Bonchev–Trinajstić information content (AvgIpc) is 2.90. The van der Waals surface area contributed by atoms with Crippen LogP contribution in [-0.4, -0.2) is 27.3 Å². The largest absolute Gasteiger partial charge is 0.469 e. The van der Waals surface area contributed by atoms with E-state index in [1.807, 2.05) is 15.6 Å². The zero-order valence-electron chi connectivity index (χ0n) is 12.8. The average molecular weight is 400 g/mol. The van der Waals surface area contributed by atoms with Gasteiger partial charge in [0.1, 0.15) is 0 Å². The van der Waals surface area contributed by atoms with Gasteiger partial charge in [0, 0.05) is 28.6 Å². The first-order valence-corrected chi connectivity index (χ1v) is 9.24.